The van der Waals surface area contributed by atoms with E-state index in [0.29, 0.717) is 15.5 Å². The Hall–Kier alpha value is -3.04. The average molecular weight is 473 g/mol. The molecule has 0 aliphatic heterocycles. The van der Waals surface area contributed by atoms with Crippen molar-refractivity contribution < 1.29 is 12.8 Å². The normalized spacial score (nSPS) is 11.4. The first kappa shape index (κ1) is 19.3. The molecule has 0 spiro atoms. The van der Waals surface area contributed by atoms with Gasteiger partial charge in [-0.3, -0.25) is 4.72 Å². The molecular weight excluding hydrogens is 459 g/mol. The Morgan fingerprint density at radius 2 is 1.45 bits per heavy atom. The van der Waals surface area contributed by atoms with Gasteiger partial charge in [-0.1, -0.05) is 46.3 Å². The summed E-state index contributed by atoms with van der Waals surface area (Å²) in [7, 11) is -3.91. The van der Waals surface area contributed by atoms with Gasteiger partial charge in [0.2, 0.25) is 0 Å². The predicted molar refractivity (Wildman–Crippen MR) is 114 cm³/mol. The average Bonchev–Trinajstić information content (AvgIpc) is 2.71. The van der Waals surface area contributed by atoms with Crippen LogP contribution in [0, 0.1) is 5.82 Å². The lowest BCUT2D eigenvalue weighted by Gasteiger charge is -2.14. The SMILES string of the molecule is O=S(=O)(Nc1nc2ccccc2nc1Nc1ccc(Br)cc1F)c1ccccc1. The Morgan fingerprint density at radius 3 is 2.10 bits per heavy atom. The molecule has 4 aromatic rings. The van der Waals surface area contributed by atoms with E-state index >= 15 is 0 Å². The number of nitrogens with one attached hydrogen (secondary N) is 2. The van der Waals surface area contributed by atoms with Gasteiger partial charge in [0.1, 0.15) is 5.82 Å². The summed E-state index contributed by atoms with van der Waals surface area (Å²) in [5.41, 5.74) is 1.17. The third-order valence-corrected chi connectivity index (χ3v) is 5.89. The number of nitrogens with zero attached hydrogens (tertiary/aromatic N) is 2. The number of rotatable bonds is 5. The van der Waals surface area contributed by atoms with Gasteiger partial charge in [-0.05, 0) is 42.5 Å². The van der Waals surface area contributed by atoms with Crippen LogP contribution in [0.25, 0.3) is 11.0 Å². The number of para-hydroxylation sites is 2. The van der Waals surface area contributed by atoms with Crippen molar-refractivity contribution in [2.45, 2.75) is 4.90 Å². The summed E-state index contributed by atoms with van der Waals surface area (Å²) in [6, 6.07) is 19.4. The van der Waals surface area contributed by atoms with Gasteiger partial charge in [0.15, 0.2) is 11.6 Å². The zero-order chi connectivity index (χ0) is 20.4. The Labute approximate surface area is 175 Å². The first-order valence-electron chi connectivity index (χ1n) is 8.49. The molecule has 29 heavy (non-hydrogen) atoms. The van der Waals surface area contributed by atoms with Gasteiger partial charge in [-0.2, -0.15) is 0 Å². The Kier molecular flexibility index (Phi) is 5.16. The van der Waals surface area contributed by atoms with Crippen molar-refractivity contribution in [3.8, 4) is 0 Å². The minimum Gasteiger partial charge on any atom is -0.335 e. The van der Waals surface area contributed by atoms with Crippen LogP contribution in [0.5, 0.6) is 0 Å². The molecule has 0 aliphatic rings. The van der Waals surface area contributed by atoms with Gasteiger partial charge < -0.3 is 5.32 Å². The number of halogens is 2. The second kappa shape index (κ2) is 7.76. The van der Waals surface area contributed by atoms with Gasteiger partial charge in [0, 0.05) is 4.47 Å². The molecule has 0 amide bonds. The van der Waals surface area contributed by atoms with Crippen molar-refractivity contribution in [3.63, 3.8) is 0 Å². The molecule has 0 bridgehead atoms. The number of hydrogen-bond donors (Lipinski definition) is 2. The molecule has 3 aromatic carbocycles. The topological polar surface area (TPSA) is 84.0 Å². The van der Waals surface area contributed by atoms with E-state index in [2.05, 4.69) is 35.9 Å². The minimum atomic E-state index is -3.91. The van der Waals surface area contributed by atoms with Crippen LogP contribution in [-0.4, -0.2) is 18.4 Å². The molecule has 9 heteroatoms. The zero-order valence-corrected chi connectivity index (χ0v) is 17.2. The summed E-state index contributed by atoms with van der Waals surface area (Å²) in [5.74, 6) is -0.467. The van der Waals surface area contributed by atoms with E-state index in [0.717, 1.165) is 0 Å². The van der Waals surface area contributed by atoms with E-state index in [1.165, 1.54) is 24.3 Å². The fourth-order valence-electron chi connectivity index (χ4n) is 2.66. The molecule has 0 aliphatic carbocycles. The van der Waals surface area contributed by atoms with E-state index in [1.807, 2.05) is 0 Å². The van der Waals surface area contributed by atoms with Crippen molar-refractivity contribution in [2.75, 3.05) is 10.0 Å². The molecule has 0 fully saturated rings. The van der Waals surface area contributed by atoms with Crippen LogP contribution >= 0.6 is 15.9 Å². The smallest absolute Gasteiger partial charge is 0.263 e. The molecule has 0 saturated heterocycles. The van der Waals surface area contributed by atoms with Gasteiger partial charge in [0.25, 0.3) is 10.0 Å². The van der Waals surface area contributed by atoms with Crippen molar-refractivity contribution in [1.29, 1.82) is 0 Å². The first-order chi connectivity index (χ1) is 13.9. The second-order valence-corrected chi connectivity index (χ2v) is 8.68. The van der Waals surface area contributed by atoms with Crippen LogP contribution in [0.15, 0.2) is 82.2 Å². The Bertz CT molecular complexity index is 1300. The number of sulfonamides is 1. The van der Waals surface area contributed by atoms with Gasteiger partial charge in [0.05, 0.1) is 21.6 Å². The highest BCUT2D eigenvalue weighted by Crippen LogP contribution is 2.29. The summed E-state index contributed by atoms with van der Waals surface area (Å²) in [5, 5.41) is 2.84. The number of benzene rings is 3. The molecule has 0 radical (unpaired) electrons. The molecule has 146 valence electrons. The summed E-state index contributed by atoms with van der Waals surface area (Å²) >= 11 is 3.21. The molecule has 0 saturated carbocycles. The van der Waals surface area contributed by atoms with Crippen LogP contribution in [0.1, 0.15) is 0 Å². The molecule has 2 N–H and O–H groups in total. The van der Waals surface area contributed by atoms with Crippen molar-refractivity contribution in [3.05, 3.63) is 83.1 Å². The quantitative estimate of drug-likeness (QED) is 0.423. The molecule has 6 nitrogen and oxygen atoms in total. The number of hydrogen-bond acceptors (Lipinski definition) is 5. The number of aromatic nitrogens is 2. The van der Waals surface area contributed by atoms with Crippen molar-refractivity contribution in [2.24, 2.45) is 0 Å². The lowest BCUT2D eigenvalue weighted by atomic mass is 10.3. The first-order valence-corrected chi connectivity index (χ1v) is 10.8. The molecule has 0 unspecified atom stereocenters. The maximum Gasteiger partial charge on any atom is 0.263 e. The van der Waals surface area contributed by atoms with Gasteiger partial charge in [-0.15, -0.1) is 0 Å². The van der Waals surface area contributed by atoms with Gasteiger partial charge >= 0.3 is 0 Å². The van der Waals surface area contributed by atoms with E-state index in [1.54, 1.807) is 48.5 Å². The summed E-state index contributed by atoms with van der Waals surface area (Å²) in [6.45, 7) is 0. The van der Waals surface area contributed by atoms with Crippen LogP contribution in [0.2, 0.25) is 0 Å². The van der Waals surface area contributed by atoms with Crippen LogP contribution in [0.4, 0.5) is 21.7 Å². The van der Waals surface area contributed by atoms with Crippen molar-refractivity contribution in [1.82, 2.24) is 9.97 Å². The van der Waals surface area contributed by atoms with E-state index < -0.39 is 15.8 Å². The van der Waals surface area contributed by atoms with Crippen molar-refractivity contribution >= 4 is 54.3 Å². The molecule has 4 rings (SSSR count). The third kappa shape index (κ3) is 4.20. The fourth-order valence-corrected chi connectivity index (χ4v) is 4.03. The monoisotopic (exact) mass is 472 g/mol. The highest BCUT2D eigenvalue weighted by atomic mass is 79.9. The summed E-state index contributed by atoms with van der Waals surface area (Å²) in [4.78, 5) is 8.89. The lowest BCUT2D eigenvalue weighted by Crippen LogP contribution is -2.16. The number of fused-ring (bicyclic) bond motifs is 1. The highest BCUT2D eigenvalue weighted by Gasteiger charge is 2.19. The molecule has 1 aromatic heterocycles. The third-order valence-electron chi connectivity index (χ3n) is 4.04. The maximum absolute atomic E-state index is 14.3. The van der Waals surface area contributed by atoms with E-state index in [9.17, 15) is 12.8 Å². The van der Waals surface area contributed by atoms with Crippen LogP contribution in [0.3, 0.4) is 0 Å². The Balaban J connectivity index is 1.80. The molecular formula is C20H14BrFN4O2S. The lowest BCUT2D eigenvalue weighted by molar-refractivity contribution is 0.601. The molecule has 1 heterocycles. The Morgan fingerprint density at radius 1 is 0.828 bits per heavy atom. The molecule has 0 atom stereocenters. The standard InChI is InChI=1S/C20H14BrFN4O2S/c21-13-10-11-16(15(22)12-13)23-19-20(25-18-9-5-4-8-17(18)24-19)26-29(27,28)14-6-2-1-3-7-14/h1-12H,(H,23,24)(H,25,26). The highest BCUT2D eigenvalue weighted by molar-refractivity contribution is 9.10. The summed E-state index contributed by atoms with van der Waals surface area (Å²) in [6.07, 6.45) is 0. The second-order valence-electron chi connectivity index (χ2n) is 6.08. The number of anilines is 3. The van der Waals surface area contributed by atoms with Crippen LogP contribution < -0.4 is 10.0 Å². The predicted octanol–water partition coefficient (Wildman–Crippen LogP) is 5.08. The van der Waals surface area contributed by atoms with E-state index in [4.69, 9.17) is 0 Å². The largest absolute Gasteiger partial charge is 0.335 e. The van der Waals surface area contributed by atoms with Crippen LogP contribution in [-0.2, 0) is 10.0 Å². The van der Waals surface area contributed by atoms with Gasteiger partial charge in [-0.25, -0.2) is 22.8 Å². The van der Waals surface area contributed by atoms with E-state index in [-0.39, 0.29) is 22.2 Å². The minimum absolute atomic E-state index is 0.0325. The summed E-state index contributed by atoms with van der Waals surface area (Å²) < 4.78 is 42.9. The fraction of sp³-hybridized carbons (Fsp3) is 0. The zero-order valence-electron chi connectivity index (χ0n) is 14.8. The maximum atomic E-state index is 14.3.